The predicted molar refractivity (Wildman–Crippen MR) is 245 cm³/mol. The lowest BCUT2D eigenvalue weighted by Gasteiger charge is -2.26. The summed E-state index contributed by atoms with van der Waals surface area (Å²) in [7, 11) is 0. The van der Waals surface area contributed by atoms with Crippen LogP contribution >= 0.6 is 0 Å². The van der Waals surface area contributed by atoms with Crippen LogP contribution in [0.5, 0.6) is 0 Å². The third-order valence-corrected chi connectivity index (χ3v) is 11.2. The summed E-state index contributed by atoms with van der Waals surface area (Å²) in [5.41, 5.74) is 19.3. The molecule has 0 aliphatic rings. The van der Waals surface area contributed by atoms with Gasteiger partial charge in [-0.1, -0.05) is 169 Å². The van der Waals surface area contributed by atoms with E-state index in [0.29, 0.717) is 0 Å². The van der Waals surface area contributed by atoms with Gasteiger partial charge in [-0.25, -0.2) is 0 Å². The predicted octanol–water partition coefficient (Wildman–Crippen LogP) is 16.0. The van der Waals surface area contributed by atoms with Crippen molar-refractivity contribution in [2.45, 2.75) is 13.8 Å². The summed E-state index contributed by atoms with van der Waals surface area (Å²) >= 11 is 0. The molecule has 10 rings (SSSR count). The Kier molecular flexibility index (Phi) is 9.01. The first-order chi connectivity index (χ1) is 28.5. The van der Waals surface area contributed by atoms with Crippen molar-refractivity contribution in [3.63, 3.8) is 0 Å². The number of furan rings is 1. The van der Waals surface area contributed by atoms with Gasteiger partial charge in [0, 0.05) is 33.4 Å². The number of hydrogen-bond acceptors (Lipinski definition) is 2. The second kappa shape index (κ2) is 14.9. The Hall–Kier alpha value is -7.42. The zero-order valence-electron chi connectivity index (χ0n) is 32.6. The molecular formula is C56H41NO. The zero-order valence-corrected chi connectivity index (χ0v) is 32.6. The Morgan fingerprint density at radius 3 is 1.28 bits per heavy atom. The van der Waals surface area contributed by atoms with Crippen molar-refractivity contribution in [1.29, 1.82) is 0 Å². The molecule has 0 radical (unpaired) electrons. The minimum atomic E-state index is 0.900. The molecule has 9 aromatic carbocycles. The number of hydrogen-bond donors (Lipinski definition) is 0. The van der Waals surface area contributed by atoms with Crippen LogP contribution in [0.15, 0.2) is 217 Å². The van der Waals surface area contributed by atoms with Gasteiger partial charge < -0.3 is 9.32 Å². The van der Waals surface area contributed by atoms with Gasteiger partial charge in [-0.05, 0) is 119 Å². The van der Waals surface area contributed by atoms with Crippen LogP contribution in [0.4, 0.5) is 17.1 Å². The molecule has 0 aliphatic heterocycles. The molecular weight excluding hydrogens is 703 g/mol. The van der Waals surface area contributed by atoms with Crippen molar-refractivity contribution in [2.24, 2.45) is 0 Å². The fourth-order valence-corrected chi connectivity index (χ4v) is 8.09. The molecule has 0 aliphatic carbocycles. The number of benzene rings is 9. The molecule has 58 heavy (non-hydrogen) atoms. The van der Waals surface area contributed by atoms with Crippen LogP contribution in [0.1, 0.15) is 11.1 Å². The molecule has 0 unspecified atom stereocenters. The molecule has 0 spiro atoms. The summed E-state index contributed by atoms with van der Waals surface area (Å²) in [5, 5.41) is 2.26. The SMILES string of the molecule is Cc1ccc(-c2cccc(-c3ccc(N(c4ccc(-c5cccc(-c6ccc(C)cc6)c5)cc4)c4cccc(-c5cccc6c5oc5ccccc56)c4)cc3)c2)cc1. The molecule has 2 nitrogen and oxygen atoms in total. The second-order valence-electron chi connectivity index (χ2n) is 15.2. The molecule has 2 heteroatoms. The van der Waals surface area contributed by atoms with Crippen LogP contribution in [0.3, 0.4) is 0 Å². The van der Waals surface area contributed by atoms with Crippen molar-refractivity contribution in [3.05, 3.63) is 223 Å². The van der Waals surface area contributed by atoms with Gasteiger partial charge in [-0.2, -0.15) is 0 Å². The first-order valence-corrected chi connectivity index (χ1v) is 19.9. The van der Waals surface area contributed by atoms with Crippen molar-refractivity contribution >= 4 is 39.0 Å². The standard InChI is InChI=1S/C56H41NO/c1-38-19-23-40(24-20-38)44-9-5-11-46(35-44)42-27-31-49(32-28-42)57(50-33-29-43(30-34-50)47-12-6-10-45(36-47)41-25-21-39(2)22-26-41)51-14-7-13-48(37-51)52-16-8-17-54-53-15-3-4-18-55(53)58-56(52)54/h3-37H,1-2H3. The van der Waals surface area contributed by atoms with Gasteiger partial charge in [-0.15, -0.1) is 0 Å². The Balaban J connectivity index is 1.04. The van der Waals surface area contributed by atoms with Gasteiger partial charge in [-0.3, -0.25) is 0 Å². The number of aryl methyl sites for hydroxylation is 2. The first-order valence-electron chi connectivity index (χ1n) is 19.9. The fraction of sp³-hybridized carbons (Fsp3) is 0.0357. The highest BCUT2D eigenvalue weighted by atomic mass is 16.3. The van der Waals surface area contributed by atoms with E-state index in [0.717, 1.165) is 50.1 Å². The Labute approximate surface area is 339 Å². The van der Waals surface area contributed by atoms with Crippen molar-refractivity contribution < 1.29 is 4.42 Å². The molecule has 1 aromatic heterocycles. The van der Waals surface area contributed by atoms with Gasteiger partial charge in [0.2, 0.25) is 0 Å². The van der Waals surface area contributed by atoms with E-state index >= 15 is 0 Å². The Morgan fingerprint density at radius 1 is 0.310 bits per heavy atom. The van der Waals surface area contributed by atoms with Gasteiger partial charge in [0.15, 0.2) is 0 Å². The number of nitrogens with zero attached hydrogens (tertiary/aromatic N) is 1. The zero-order chi connectivity index (χ0) is 39.0. The molecule has 276 valence electrons. The summed E-state index contributed by atoms with van der Waals surface area (Å²) in [6, 6.07) is 76.5. The third-order valence-electron chi connectivity index (χ3n) is 11.2. The molecule has 0 N–H and O–H groups in total. The van der Waals surface area contributed by atoms with Crippen LogP contribution in [0, 0.1) is 13.8 Å². The molecule has 0 atom stereocenters. The molecule has 0 fully saturated rings. The maximum atomic E-state index is 6.49. The van der Waals surface area contributed by atoms with E-state index in [1.807, 2.05) is 12.1 Å². The molecule has 1 heterocycles. The smallest absolute Gasteiger partial charge is 0.143 e. The van der Waals surface area contributed by atoms with Crippen LogP contribution < -0.4 is 4.90 Å². The summed E-state index contributed by atoms with van der Waals surface area (Å²) < 4.78 is 6.49. The fourth-order valence-electron chi connectivity index (χ4n) is 8.09. The Morgan fingerprint density at radius 2 is 0.741 bits per heavy atom. The highest BCUT2D eigenvalue weighted by Crippen LogP contribution is 2.41. The van der Waals surface area contributed by atoms with Gasteiger partial charge >= 0.3 is 0 Å². The summed E-state index contributed by atoms with van der Waals surface area (Å²) in [6.45, 7) is 4.25. The lowest BCUT2D eigenvalue weighted by atomic mass is 9.97. The molecule has 0 saturated carbocycles. The maximum absolute atomic E-state index is 6.49. The monoisotopic (exact) mass is 743 g/mol. The van der Waals surface area contributed by atoms with E-state index in [-0.39, 0.29) is 0 Å². The van der Waals surface area contributed by atoms with Crippen molar-refractivity contribution in [3.8, 4) is 55.6 Å². The van der Waals surface area contributed by atoms with Gasteiger partial charge in [0.1, 0.15) is 11.2 Å². The largest absolute Gasteiger partial charge is 0.455 e. The van der Waals surface area contributed by atoms with E-state index in [4.69, 9.17) is 4.42 Å². The minimum absolute atomic E-state index is 0.900. The number of para-hydroxylation sites is 2. The van der Waals surface area contributed by atoms with Gasteiger partial charge in [0.25, 0.3) is 0 Å². The quantitative estimate of drug-likeness (QED) is 0.154. The van der Waals surface area contributed by atoms with Gasteiger partial charge in [0.05, 0.1) is 0 Å². The van der Waals surface area contributed by atoms with Crippen molar-refractivity contribution in [2.75, 3.05) is 4.90 Å². The molecule has 0 bridgehead atoms. The lowest BCUT2D eigenvalue weighted by Crippen LogP contribution is -2.10. The van der Waals surface area contributed by atoms with Crippen LogP contribution in [0.2, 0.25) is 0 Å². The molecule has 0 saturated heterocycles. The highest BCUT2D eigenvalue weighted by Gasteiger charge is 2.17. The Bertz CT molecular complexity index is 2910. The van der Waals surface area contributed by atoms with E-state index < -0.39 is 0 Å². The first kappa shape index (κ1) is 35.0. The van der Waals surface area contributed by atoms with E-state index in [1.165, 1.54) is 55.6 Å². The van der Waals surface area contributed by atoms with Crippen LogP contribution in [-0.4, -0.2) is 0 Å². The molecule has 0 amide bonds. The van der Waals surface area contributed by atoms with E-state index in [2.05, 4.69) is 219 Å². The highest BCUT2D eigenvalue weighted by molar-refractivity contribution is 6.09. The topological polar surface area (TPSA) is 16.4 Å². The average Bonchev–Trinajstić information content (AvgIpc) is 3.67. The van der Waals surface area contributed by atoms with Crippen LogP contribution in [0.25, 0.3) is 77.6 Å². The number of anilines is 3. The average molecular weight is 744 g/mol. The number of fused-ring (bicyclic) bond motifs is 3. The minimum Gasteiger partial charge on any atom is -0.455 e. The number of rotatable bonds is 8. The third kappa shape index (κ3) is 6.76. The summed E-state index contributed by atoms with van der Waals surface area (Å²) in [5.74, 6) is 0. The summed E-state index contributed by atoms with van der Waals surface area (Å²) in [6.07, 6.45) is 0. The van der Waals surface area contributed by atoms with E-state index in [9.17, 15) is 0 Å². The van der Waals surface area contributed by atoms with E-state index in [1.54, 1.807) is 0 Å². The summed E-state index contributed by atoms with van der Waals surface area (Å²) in [4.78, 5) is 2.35. The van der Waals surface area contributed by atoms with Crippen molar-refractivity contribution in [1.82, 2.24) is 0 Å². The second-order valence-corrected chi connectivity index (χ2v) is 15.2. The lowest BCUT2D eigenvalue weighted by molar-refractivity contribution is 0.670. The van der Waals surface area contributed by atoms with Crippen LogP contribution in [-0.2, 0) is 0 Å². The maximum Gasteiger partial charge on any atom is 0.143 e. The normalized spacial score (nSPS) is 11.3. The molecule has 10 aromatic rings.